The number of aryl methyl sites for hydroxylation is 1. The van der Waals surface area contributed by atoms with Gasteiger partial charge < -0.3 is 10.1 Å². The van der Waals surface area contributed by atoms with E-state index in [1.165, 1.54) is 24.4 Å². The molecule has 6 nitrogen and oxygen atoms in total. The van der Waals surface area contributed by atoms with Crippen molar-refractivity contribution in [1.82, 2.24) is 9.97 Å². The molecule has 168 valence electrons. The number of hydrogen-bond donors (Lipinski definition) is 1. The maximum Gasteiger partial charge on any atom is 0.416 e. The number of ether oxygens (including phenoxy) is 1. The number of anilines is 1. The van der Waals surface area contributed by atoms with Gasteiger partial charge in [0, 0.05) is 35.7 Å². The third-order valence-electron chi connectivity index (χ3n) is 4.71. The Labute approximate surface area is 182 Å². The van der Waals surface area contributed by atoms with Crippen LogP contribution in [0.5, 0.6) is 5.88 Å². The van der Waals surface area contributed by atoms with E-state index in [-0.39, 0.29) is 30.6 Å². The van der Waals surface area contributed by atoms with Crippen molar-refractivity contribution in [2.45, 2.75) is 39.3 Å². The lowest BCUT2D eigenvalue weighted by molar-refractivity contribution is -0.137. The molecule has 3 rings (SSSR count). The molecule has 0 fully saturated rings. The highest BCUT2D eigenvalue weighted by molar-refractivity contribution is 5.98. The van der Waals surface area contributed by atoms with Crippen LogP contribution < -0.4 is 10.1 Å². The first-order valence-electron chi connectivity index (χ1n) is 10.1. The van der Waals surface area contributed by atoms with Crippen LogP contribution in [0.4, 0.5) is 19.0 Å². The molecule has 0 spiro atoms. The summed E-state index contributed by atoms with van der Waals surface area (Å²) >= 11 is 0. The zero-order valence-corrected chi connectivity index (χ0v) is 17.6. The topological polar surface area (TPSA) is 81.2 Å². The van der Waals surface area contributed by atoms with E-state index in [2.05, 4.69) is 15.3 Å². The van der Waals surface area contributed by atoms with E-state index >= 15 is 0 Å². The fourth-order valence-corrected chi connectivity index (χ4v) is 3.11. The number of aromatic nitrogens is 2. The summed E-state index contributed by atoms with van der Waals surface area (Å²) in [5.74, 6) is 0.217. The minimum Gasteiger partial charge on any atom is -0.477 e. The zero-order valence-electron chi connectivity index (χ0n) is 17.6. The minimum atomic E-state index is -4.43. The maximum absolute atomic E-state index is 12.9. The number of ketones is 1. The number of rotatable bonds is 8. The van der Waals surface area contributed by atoms with E-state index in [4.69, 9.17) is 4.74 Å². The van der Waals surface area contributed by atoms with Gasteiger partial charge in [-0.15, -0.1) is 0 Å². The monoisotopic (exact) mass is 445 g/mol. The maximum atomic E-state index is 12.9. The van der Waals surface area contributed by atoms with E-state index < -0.39 is 11.7 Å². The van der Waals surface area contributed by atoms with Gasteiger partial charge in [0.1, 0.15) is 5.82 Å². The van der Waals surface area contributed by atoms with Crippen molar-refractivity contribution in [2.75, 3.05) is 11.9 Å². The van der Waals surface area contributed by atoms with Crippen LogP contribution in [0, 0.1) is 6.92 Å². The molecule has 0 atom stereocenters. The molecule has 0 radical (unpaired) electrons. The van der Waals surface area contributed by atoms with E-state index in [1.54, 1.807) is 19.9 Å². The molecule has 0 bridgehead atoms. The van der Waals surface area contributed by atoms with Crippen LogP contribution in [0.3, 0.4) is 0 Å². The summed E-state index contributed by atoms with van der Waals surface area (Å²) in [6.45, 7) is 3.62. The number of hydrogen-bond acceptors (Lipinski definition) is 5. The van der Waals surface area contributed by atoms with Crippen molar-refractivity contribution in [3.63, 3.8) is 0 Å². The number of benzene rings is 1. The van der Waals surface area contributed by atoms with E-state index in [1.807, 2.05) is 0 Å². The van der Waals surface area contributed by atoms with Crippen LogP contribution in [-0.4, -0.2) is 28.3 Å². The largest absolute Gasteiger partial charge is 0.477 e. The fourth-order valence-electron chi connectivity index (χ4n) is 3.11. The molecule has 1 N–H and O–H groups in total. The Bertz CT molecular complexity index is 1150. The predicted octanol–water partition coefficient (Wildman–Crippen LogP) is 5.35. The van der Waals surface area contributed by atoms with Gasteiger partial charge in [-0.2, -0.15) is 13.2 Å². The van der Waals surface area contributed by atoms with Crippen molar-refractivity contribution in [1.29, 1.82) is 0 Å². The molecular weight excluding hydrogens is 423 g/mol. The number of pyridine rings is 2. The predicted molar refractivity (Wildman–Crippen MR) is 114 cm³/mol. The lowest BCUT2D eigenvalue weighted by atomic mass is 10.1. The third-order valence-corrected chi connectivity index (χ3v) is 4.71. The second-order valence-corrected chi connectivity index (χ2v) is 7.21. The normalized spacial score (nSPS) is 11.4. The van der Waals surface area contributed by atoms with Crippen LogP contribution in [0.25, 0.3) is 10.8 Å². The molecule has 9 heteroatoms. The number of fused-ring (bicyclic) bond motifs is 1. The molecule has 2 aromatic heterocycles. The van der Waals surface area contributed by atoms with Gasteiger partial charge >= 0.3 is 6.18 Å². The van der Waals surface area contributed by atoms with Crippen molar-refractivity contribution in [3.8, 4) is 5.88 Å². The van der Waals surface area contributed by atoms with Crippen molar-refractivity contribution < 1.29 is 27.5 Å². The molecule has 0 unspecified atom stereocenters. The van der Waals surface area contributed by atoms with Gasteiger partial charge in [-0.1, -0.05) is 6.92 Å². The Hall–Kier alpha value is -3.49. The number of carbonyl (C=O) groups excluding carboxylic acids is 2. The Kier molecular flexibility index (Phi) is 7.07. The second-order valence-electron chi connectivity index (χ2n) is 7.21. The standard InChI is InChI=1S/C23H22F3N3O3/c1-3-21(31)29-20-13-16(11-14(2)28-20)19(30)5-4-10-32-22-18-7-6-17(23(24,25)26)12-15(18)8-9-27-22/h6-9,11-13H,3-5,10H2,1-2H3,(H,28,29,31). The molecule has 0 aliphatic heterocycles. The van der Waals surface area contributed by atoms with Gasteiger partial charge in [0.25, 0.3) is 0 Å². The third kappa shape index (κ3) is 5.81. The molecule has 1 aromatic carbocycles. The molecule has 0 aliphatic rings. The van der Waals surface area contributed by atoms with Crippen LogP contribution in [0.1, 0.15) is 47.8 Å². The lowest BCUT2D eigenvalue weighted by Gasteiger charge is -2.11. The molecule has 0 aliphatic carbocycles. The Morgan fingerprint density at radius 1 is 1.12 bits per heavy atom. The first kappa shape index (κ1) is 23.2. The van der Waals surface area contributed by atoms with Crippen molar-refractivity contribution >= 4 is 28.3 Å². The fraction of sp³-hybridized carbons (Fsp3) is 0.304. The molecular formula is C23H22F3N3O3. The summed E-state index contributed by atoms with van der Waals surface area (Å²) in [6, 6.07) is 8.04. The first-order chi connectivity index (χ1) is 15.2. The SMILES string of the molecule is CCC(=O)Nc1cc(C(=O)CCCOc2nccc3cc(C(F)(F)F)ccc23)cc(C)n1. The molecule has 3 aromatic rings. The number of nitrogens with zero attached hydrogens (tertiary/aromatic N) is 2. The minimum absolute atomic E-state index is 0.133. The summed E-state index contributed by atoms with van der Waals surface area (Å²) in [5.41, 5.74) is 0.304. The summed E-state index contributed by atoms with van der Waals surface area (Å²) in [5, 5.41) is 3.48. The molecule has 2 heterocycles. The summed E-state index contributed by atoms with van der Waals surface area (Å²) in [7, 11) is 0. The van der Waals surface area contributed by atoms with Crippen LogP contribution in [0.2, 0.25) is 0 Å². The van der Waals surface area contributed by atoms with Crippen LogP contribution in [0.15, 0.2) is 42.6 Å². The molecule has 32 heavy (non-hydrogen) atoms. The van der Waals surface area contributed by atoms with Crippen molar-refractivity contribution in [3.05, 3.63) is 59.4 Å². The summed E-state index contributed by atoms with van der Waals surface area (Å²) < 4.78 is 44.4. The average Bonchev–Trinajstić information content (AvgIpc) is 2.75. The number of Topliss-reactive ketones (excluding diaryl/α,β-unsaturated/α-hetero) is 1. The van der Waals surface area contributed by atoms with E-state index in [0.29, 0.717) is 40.7 Å². The summed E-state index contributed by atoms with van der Waals surface area (Å²) in [6.07, 6.45) is -2.17. The number of halogens is 3. The highest BCUT2D eigenvalue weighted by atomic mass is 19.4. The lowest BCUT2D eigenvalue weighted by Crippen LogP contribution is -2.12. The number of carbonyl (C=O) groups is 2. The first-order valence-corrected chi connectivity index (χ1v) is 10.1. The summed E-state index contributed by atoms with van der Waals surface area (Å²) in [4.78, 5) is 32.4. The van der Waals surface area contributed by atoms with Gasteiger partial charge in [-0.05, 0) is 55.1 Å². The Balaban J connectivity index is 1.61. The number of alkyl halides is 3. The molecule has 0 saturated heterocycles. The zero-order chi connectivity index (χ0) is 23.3. The molecule has 1 amide bonds. The van der Waals surface area contributed by atoms with Gasteiger partial charge in [0.15, 0.2) is 5.78 Å². The van der Waals surface area contributed by atoms with Gasteiger partial charge in [-0.3, -0.25) is 9.59 Å². The smallest absolute Gasteiger partial charge is 0.416 e. The van der Waals surface area contributed by atoms with Crippen molar-refractivity contribution in [2.24, 2.45) is 0 Å². The van der Waals surface area contributed by atoms with Gasteiger partial charge in [0.05, 0.1) is 12.2 Å². The quantitative estimate of drug-likeness (QED) is 0.374. The number of amides is 1. The highest BCUT2D eigenvalue weighted by Crippen LogP contribution is 2.33. The highest BCUT2D eigenvalue weighted by Gasteiger charge is 2.30. The van der Waals surface area contributed by atoms with E-state index in [9.17, 15) is 22.8 Å². The Morgan fingerprint density at radius 2 is 1.91 bits per heavy atom. The molecule has 0 saturated carbocycles. The second kappa shape index (κ2) is 9.76. The van der Waals surface area contributed by atoms with Gasteiger partial charge in [-0.25, -0.2) is 9.97 Å². The van der Waals surface area contributed by atoms with E-state index in [0.717, 1.165) is 12.1 Å². The van der Waals surface area contributed by atoms with Gasteiger partial charge in [0.2, 0.25) is 11.8 Å². The van der Waals surface area contributed by atoms with Crippen LogP contribution in [-0.2, 0) is 11.0 Å². The number of nitrogens with one attached hydrogen (secondary N) is 1. The van der Waals surface area contributed by atoms with Crippen LogP contribution >= 0.6 is 0 Å². The average molecular weight is 445 g/mol. The Morgan fingerprint density at radius 3 is 2.62 bits per heavy atom.